The fourth-order valence-electron chi connectivity index (χ4n) is 3.48. The number of aromatic hydroxyl groups is 1. The van der Waals surface area contributed by atoms with Gasteiger partial charge < -0.3 is 15.2 Å². The molecule has 0 atom stereocenters. The van der Waals surface area contributed by atoms with E-state index in [2.05, 4.69) is 26.6 Å². The highest BCUT2D eigenvalue weighted by Gasteiger charge is 2.37. The number of phenolic OH excluding ortho intramolecular Hbond substituents is 1. The number of benzene rings is 3. The van der Waals surface area contributed by atoms with Crippen molar-refractivity contribution in [2.75, 3.05) is 16.8 Å². The van der Waals surface area contributed by atoms with Crippen LogP contribution in [0.25, 0.3) is 6.08 Å². The number of carbonyl (C=O) groups excluding carboxylic acids is 4. The molecule has 10 heteroatoms. The van der Waals surface area contributed by atoms with Crippen molar-refractivity contribution in [3.63, 3.8) is 0 Å². The Kier molecular flexibility index (Phi) is 7.16. The van der Waals surface area contributed by atoms with Crippen LogP contribution in [0.1, 0.15) is 11.1 Å². The van der Waals surface area contributed by atoms with Crippen LogP contribution in [0.5, 0.6) is 11.5 Å². The normalized spacial score (nSPS) is 14.6. The molecule has 4 rings (SSSR count). The molecule has 1 aliphatic heterocycles. The molecule has 0 aromatic heterocycles. The highest BCUT2D eigenvalue weighted by Crippen LogP contribution is 2.28. The number of rotatable bonds is 6. The number of hydrogen-bond acceptors (Lipinski definition) is 6. The third-order valence-electron chi connectivity index (χ3n) is 5.14. The molecule has 1 fully saturated rings. The summed E-state index contributed by atoms with van der Waals surface area (Å²) < 4.78 is 6.33. The fraction of sp³-hybridized carbons (Fsp3) is 0.0769. The minimum absolute atomic E-state index is 0.0437. The third-order valence-corrected chi connectivity index (χ3v) is 5.64. The maximum absolute atomic E-state index is 13.1. The lowest BCUT2D eigenvalue weighted by Gasteiger charge is -2.26. The van der Waals surface area contributed by atoms with Gasteiger partial charge >= 0.3 is 6.03 Å². The molecule has 1 saturated heterocycles. The number of imide groups is 2. The highest BCUT2D eigenvalue weighted by molar-refractivity contribution is 9.10. The summed E-state index contributed by atoms with van der Waals surface area (Å²) in [6.45, 7) is 1.59. The Labute approximate surface area is 214 Å². The van der Waals surface area contributed by atoms with E-state index in [1.165, 1.54) is 30.3 Å². The number of phenols is 1. The van der Waals surface area contributed by atoms with Gasteiger partial charge in [-0.05, 0) is 73.2 Å². The minimum Gasteiger partial charge on any atom is -0.508 e. The topological polar surface area (TPSA) is 125 Å². The molecule has 36 heavy (non-hydrogen) atoms. The third kappa shape index (κ3) is 5.61. The van der Waals surface area contributed by atoms with E-state index >= 15 is 0 Å². The van der Waals surface area contributed by atoms with Crippen molar-refractivity contribution >= 4 is 57.1 Å². The second-order valence-corrected chi connectivity index (χ2v) is 8.78. The smallest absolute Gasteiger partial charge is 0.335 e. The average molecular weight is 550 g/mol. The van der Waals surface area contributed by atoms with E-state index in [1.807, 2.05) is 25.1 Å². The van der Waals surface area contributed by atoms with Crippen LogP contribution in [0.2, 0.25) is 0 Å². The number of nitrogens with zero attached hydrogens (tertiary/aromatic N) is 1. The lowest BCUT2D eigenvalue weighted by molar-refractivity contribution is -0.122. The zero-order valence-electron chi connectivity index (χ0n) is 18.9. The largest absolute Gasteiger partial charge is 0.508 e. The number of hydrogen-bond donors (Lipinski definition) is 3. The summed E-state index contributed by atoms with van der Waals surface area (Å²) in [5, 5.41) is 14.4. The van der Waals surface area contributed by atoms with E-state index in [1.54, 1.807) is 24.3 Å². The van der Waals surface area contributed by atoms with Crippen LogP contribution in [-0.4, -0.2) is 35.5 Å². The number of nitrogens with one attached hydrogen (secondary N) is 2. The summed E-state index contributed by atoms with van der Waals surface area (Å²) in [4.78, 5) is 51.2. The summed E-state index contributed by atoms with van der Waals surface area (Å²) in [5.74, 6) is -1.91. The molecule has 3 aromatic carbocycles. The van der Waals surface area contributed by atoms with Gasteiger partial charge in [-0.2, -0.15) is 0 Å². The van der Waals surface area contributed by atoms with Crippen LogP contribution in [0.15, 0.2) is 76.8 Å². The van der Waals surface area contributed by atoms with Crippen molar-refractivity contribution in [1.29, 1.82) is 0 Å². The van der Waals surface area contributed by atoms with Gasteiger partial charge in [-0.3, -0.25) is 19.7 Å². The molecule has 3 N–H and O–H groups in total. The molecule has 0 spiro atoms. The molecule has 0 unspecified atom stereocenters. The summed E-state index contributed by atoms with van der Waals surface area (Å²) in [6.07, 6.45) is 1.29. The lowest BCUT2D eigenvalue weighted by Crippen LogP contribution is -2.54. The second-order valence-electron chi connectivity index (χ2n) is 7.86. The van der Waals surface area contributed by atoms with E-state index in [9.17, 15) is 24.3 Å². The lowest BCUT2D eigenvalue weighted by atomic mass is 10.1. The van der Waals surface area contributed by atoms with Gasteiger partial charge in [0.15, 0.2) is 6.61 Å². The first-order valence-corrected chi connectivity index (χ1v) is 11.5. The first-order chi connectivity index (χ1) is 17.2. The van der Waals surface area contributed by atoms with Crippen molar-refractivity contribution in [2.24, 2.45) is 0 Å². The van der Waals surface area contributed by atoms with E-state index < -0.39 is 23.8 Å². The molecule has 3 aromatic rings. The van der Waals surface area contributed by atoms with Gasteiger partial charge in [0.05, 0.1) is 5.69 Å². The molecule has 0 aliphatic carbocycles. The zero-order valence-corrected chi connectivity index (χ0v) is 20.5. The molecule has 9 nitrogen and oxygen atoms in total. The molecule has 0 saturated carbocycles. The number of halogens is 1. The van der Waals surface area contributed by atoms with Gasteiger partial charge in [-0.25, -0.2) is 9.69 Å². The SMILES string of the molecule is Cc1cccc(NC(=O)COc2ccc(Br)cc2/C=C2\C(=O)NC(=O)N(c3ccc(O)cc3)C2=O)c1. The van der Waals surface area contributed by atoms with Crippen molar-refractivity contribution < 1.29 is 29.0 Å². The number of aryl methyl sites for hydroxylation is 1. The summed E-state index contributed by atoms with van der Waals surface area (Å²) >= 11 is 3.35. The van der Waals surface area contributed by atoms with Crippen molar-refractivity contribution in [3.05, 3.63) is 87.9 Å². The van der Waals surface area contributed by atoms with E-state index in [0.717, 1.165) is 10.5 Å². The number of barbiturate groups is 1. The number of anilines is 2. The molecule has 1 aliphatic rings. The Morgan fingerprint density at radius 2 is 1.83 bits per heavy atom. The maximum Gasteiger partial charge on any atom is 0.335 e. The van der Waals surface area contributed by atoms with Crippen LogP contribution in [0.4, 0.5) is 16.2 Å². The van der Waals surface area contributed by atoms with Gasteiger partial charge in [-0.1, -0.05) is 28.1 Å². The average Bonchev–Trinajstić information content (AvgIpc) is 2.82. The second kappa shape index (κ2) is 10.4. The van der Waals surface area contributed by atoms with Crippen LogP contribution in [0.3, 0.4) is 0 Å². The summed E-state index contributed by atoms with van der Waals surface area (Å²) in [7, 11) is 0. The molecule has 1 heterocycles. The van der Waals surface area contributed by atoms with Crippen molar-refractivity contribution in [1.82, 2.24) is 5.32 Å². The monoisotopic (exact) mass is 549 g/mol. The molecule has 0 bridgehead atoms. The molecule has 182 valence electrons. The first kappa shape index (κ1) is 24.7. The highest BCUT2D eigenvalue weighted by atomic mass is 79.9. The van der Waals surface area contributed by atoms with Crippen LogP contribution in [0, 0.1) is 6.92 Å². The predicted molar refractivity (Wildman–Crippen MR) is 137 cm³/mol. The molecule has 5 amide bonds. The Balaban J connectivity index is 1.58. The quantitative estimate of drug-likeness (QED) is 0.313. The maximum atomic E-state index is 13.1. The van der Waals surface area contributed by atoms with E-state index in [4.69, 9.17) is 4.74 Å². The van der Waals surface area contributed by atoms with Crippen molar-refractivity contribution in [2.45, 2.75) is 6.92 Å². The predicted octanol–water partition coefficient (Wildman–Crippen LogP) is 4.15. The van der Waals surface area contributed by atoms with E-state index in [0.29, 0.717) is 15.7 Å². The fourth-order valence-corrected chi connectivity index (χ4v) is 3.85. The van der Waals surface area contributed by atoms with Gasteiger partial charge in [0.1, 0.15) is 17.1 Å². The zero-order chi connectivity index (χ0) is 25.8. The standard InChI is InChI=1S/C26H20BrN3O6/c1-15-3-2-4-18(11-15)28-23(32)14-36-22-10-5-17(27)12-16(22)13-21-24(33)29-26(35)30(25(21)34)19-6-8-20(31)9-7-19/h2-13,31H,14H2,1H3,(H,28,32)(H,29,33,35)/b21-13+. The van der Waals surface area contributed by atoms with Crippen molar-refractivity contribution in [3.8, 4) is 11.5 Å². The van der Waals surface area contributed by atoms with Crippen LogP contribution in [-0.2, 0) is 14.4 Å². The number of amides is 5. The Morgan fingerprint density at radius 1 is 1.08 bits per heavy atom. The molecule has 0 radical (unpaired) electrons. The van der Waals surface area contributed by atoms with Crippen LogP contribution < -0.4 is 20.3 Å². The number of carbonyl (C=O) groups is 4. The molecular formula is C26H20BrN3O6. The molecular weight excluding hydrogens is 530 g/mol. The Hall–Kier alpha value is -4.44. The number of urea groups is 1. The minimum atomic E-state index is -0.911. The number of ether oxygens (including phenoxy) is 1. The van der Waals surface area contributed by atoms with E-state index in [-0.39, 0.29) is 29.4 Å². The summed E-state index contributed by atoms with van der Waals surface area (Å²) in [5.41, 5.74) is 1.82. The van der Waals surface area contributed by atoms with Gasteiger partial charge in [-0.15, -0.1) is 0 Å². The Morgan fingerprint density at radius 3 is 2.56 bits per heavy atom. The van der Waals surface area contributed by atoms with Crippen LogP contribution >= 0.6 is 15.9 Å². The Bertz CT molecular complexity index is 1400. The summed E-state index contributed by atoms with van der Waals surface area (Å²) in [6, 6.07) is 16.7. The van der Waals surface area contributed by atoms with Gasteiger partial charge in [0, 0.05) is 15.7 Å². The van der Waals surface area contributed by atoms with Gasteiger partial charge in [0.2, 0.25) is 0 Å². The van der Waals surface area contributed by atoms with Gasteiger partial charge in [0.25, 0.3) is 17.7 Å². The first-order valence-electron chi connectivity index (χ1n) is 10.7.